The summed E-state index contributed by atoms with van der Waals surface area (Å²) in [7, 11) is -3.30. The summed E-state index contributed by atoms with van der Waals surface area (Å²) in [4.78, 5) is 0. The van der Waals surface area contributed by atoms with E-state index in [2.05, 4.69) is 4.72 Å². The zero-order chi connectivity index (χ0) is 13.2. The van der Waals surface area contributed by atoms with Crippen molar-refractivity contribution in [3.05, 3.63) is 23.3 Å². The molecular formula is C12H20N2O2S. The van der Waals surface area contributed by atoms with E-state index in [1.807, 2.05) is 33.8 Å². The maximum Gasteiger partial charge on any atom is 0.232 e. The third-order valence-corrected chi connectivity index (χ3v) is 4.15. The van der Waals surface area contributed by atoms with Crippen LogP contribution in [0, 0.1) is 19.8 Å². The van der Waals surface area contributed by atoms with Crippen LogP contribution >= 0.6 is 0 Å². The quantitative estimate of drug-likeness (QED) is 0.812. The van der Waals surface area contributed by atoms with Crippen molar-refractivity contribution < 1.29 is 8.42 Å². The van der Waals surface area contributed by atoms with Gasteiger partial charge in [0.15, 0.2) is 0 Å². The van der Waals surface area contributed by atoms with Crippen molar-refractivity contribution in [3.8, 4) is 0 Å². The average Bonchev–Trinajstić information content (AvgIpc) is 2.17. The summed E-state index contributed by atoms with van der Waals surface area (Å²) in [5.41, 5.74) is 8.63. The number of nitrogens with one attached hydrogen (secondary N) is 1. The summed E-state index contributed by atoms with van der Waals surface area (Å²) in [5.74, 6) is 0.204. The Bertz CT molecular complexity index is 507. The highest BCUT2D eigenvalue weighted by atomic mass is 32.2. The fraction of sp³-hybridized carbons (Fsp3) is 0.500. The molecule has 1 aromatic carbocycles. The monoisotopic (exact) mass is 256 g/mol. The van der Waals surface area contributed by atoms with Crippen LogP contribution in [0.25, 0.3) is 0 Å². The Morgan fingerprint density at radius 2 is 1.88 bits per heavy atom. The predicted molar refractivity (Wildman–Crippen MR) is 72.6 cm³/mol. The number of hydrogen-bond acceptors (Lipinski definition) is 3. The lowest BCUT2D eigenvalue weighted by Gasteiger charge is -2.15. The lowest BCUT2D eigenvalue weighted by molar-refractivity contribution is 0.587. The Hall–Kier alpha value is -1.23. The van der Waals surface area contributed by atoms with E-state index in [0.717, 1.165) is 11.1 Å². The molecule has 0 aliphatic carbocycles. The van der Waals surface area contributed by atoms with Crippen LogP contribution in [0.4, 0.5) is 11.4 Å². The van der Waals surface area contributed by atoms with E-state index in [1.54, 1.807) is 6.07 Å². The average molecular weight is 256 g/mol. The second-order valence-electron chi connectivity index (χ2n) is 4.75. The van der Waals surface area contributed by atoms with Crippen LogP contribution in [-0.2, 0) is 10.0 Å². The highest BCUT2D eigenvalue weighted by Gasteiger charge is 2.16. The molecule has 96 valence electrons. The zero-order valence-electron chi connectivity index (χ0n) is 10.7. The van der Waals surface area contributed by atoms with Crippen LogP contribution in [0.5, 0.6) is 0 Å². The van der Waals surface area contributed by atoms with Gasteiger partial charge in [0.25, 0.3) is 0 Å². The first-order chi connectivity index (χ1) is 7.73. The van der Waals surface area contributed by atoms with Crippen molar-refractivity contribution in [2.45, 2.75) is 27.7 Å². The Morgan fingerprint density at radius 3 is 2.41 bits per heavy atom. The predicted octanol–water partition coefficient (Wildman–Crippen LogP) is 2.28. The molecule has 17 heavy (non-hydrogen) atoms. The molecule has 0 bridgehead atoms. The van der Waals surface area contributed by atoms with Crippen molar-refractivity contribution >= 4 is 21.4 Å². The number of rotatable bonds is 4. The Kier molecular flexibility index (Phi) is 4.03. The summed E-state index contributed by atoms with van der Waals surface area (Å²) >= 11 is 0. The molecule has 4 nitrogen and oxygen atoms in total. The molecule has 0 saturated carbocycles. The maximum atomic E-state index is 11.9. The van der Waals surface area contributed by atoms with Gasteiger partial charge >= 0.3 is 0 Å². The number of aryl methyl sites for hydroxylation is 1. The Labute approximate surface area is 103 Å². The van der Waals surface area contributed by atoms with Gasteiger partial charge in [-0.05, 0) is 37.0 Å². The van der Waals surface area contributed by atoms with Gasteiger partial charge in [-0.3, -0.25) is 4.72 Å². The van der Waals surface area contributed by atoms with E-state index < -0.39 is 10.0 Å². The van der Waals surface area contributed by atoms with Gasteiger partial charge in [0.1, 0.15) is 0 Å². The molecule has 0 amide bonds. The molecule has 0 fully saturated rings. The highest BCUT2D eigenvalue weighted by Crippen LogP contribution is 2.26. The van der Waals surface area contributed by atoms with E-state index in [-0.39, 0.29) is 11.7 Å². The molecule has 0 heterocycles. The highest BCUT2D eigenvalue weighted by molar-refractivity contribution is 7.92. The van der Waals surface area contributed by atoms with E-state index in [4.69, 9.17) is 5.73 Å². The SMILES string of the molecule is Cc1ccc(N)c(C)c1NS(=O)(=O)CC(C)C. The van der Waals surface area contributed by atoms with Gasteiger partial charge in [0, 0.05) is 5.69 Å². The lowest BCUT2D eigenvalue weighted by Crippen LogP contribution is -2.21. The topological polar surface area (TPSA) is 72.2 Å². The lowest BCUT2D eigenvalue weighted by atomic mass is 10.1. The van der Waals surface area contributed by atoms with Crippen molar-refractivity contribution in [2.75, 3.05) is 16.2 Å². The van der Waals surface area contributed by atoms with Gasteiger partial charge in [0.2, 0.25) is 10.0 Å². The number of benzene rings is 1. The van der Waals surface area contributed by atoms with Crippen LogP contribution < -0.4 is 10.5 Å². The van der Waals surface area contributed by atoms with Gasteiger partial charge in [-0.15, -0.1) is 0 Å². The molecule has 0 saturated heterocycles. The summed E-state index contributed by atoms with van der Waals surface area (Å²) in [6, 6.07) is 3.60. The summed E-state index contributed by atoms with van der Waals surface area (Å²) < 4.78 is 26.4. The normalized spacial score (nSPS) is 11.8. The van der Waals surface area contributed by atoms with Crippen molar-refractivity contribution in [1.29, 1.82) is 0 Å². The van der Waals surface area contributed by atoms with Crippen molar-refractivity contribution in [3.63, 3.8) is 0 Å². The van der Waals surface area contributed by atoms with Crippen LogP contribution in [0.3, 0.4) is 0 Å². The molecule has 3 N–H and O–H groups in total. The second-order valence-corrected chi connectivity index (χ2v) is 6.52. The van der Waals surface area contributed by atoms with Crippen LogP contribution in [0.15, 0.2) is 12.1 Å². The van der Waals surface area contributed by atoms with Gasteiger partial charge in [-0.2, -0.15) is 0 Å². The number of sulfonamides is 1. The first-order valence-corrected chi connectivity index (χ1v) is 7.24. The zero-order valence-corrected chi connectivity index (χ0v) is 11.6. The van der Waals surface area contributed by atoms with Gasteiger partial charge in [-0.25, -0.2) is 8.42 Å². The van der Waals surface area contributed by atoms with Crippen LogP contribution in [0.1, 0.15) is 25.0 Å². The van der Waals surface area contributed by atoms with E-state index in [1.165, 1.54) is 0 Å². The fourth-order valence-corrected chi connectivity index (χ4v) is 3.24. The third kappa shape index (κ3) is 3.63. The fourth-order valence-electron chi connectivity index (χ4n) is 1.66. The smallest absolute Gasteiger partial charge is 0.232 e. The molecular weight excluding hydrogens is 236 g/mol. The standard InChI is InChI=1S/C12H20N2O2S/c1-8(2)7-17(15,16)14-12-9(3)5-6-11(13)10(12)4/h5-6,8,14H,7,13H2,1-4H3. The van der Waals surface area contributed by atoms with Crippen LogP contribution in [0.2, 0.25) is 0 Å². The number of hydrogen-bond donors (Lipinski definition) is 2. The molecule has 0 aromatic heterocycles. The molecule has 0 atom stereocenters. The molecule has 0 radical (unpaired) electrons. The van der Waals surface area contributed by atoms with Gasteiger partial charge < -0.3 is 5.73 Å². The minimum absolute atomic E-state index is 0.0918. The van der Waals surface area contributed by atoms with E-state index in [0.29, 0.717) is 11.4 Å². The minimum atomic E-state index is -3.30. The molecule has 1 aromatic rings. The van der Waals surface area contributed by atoms with Gasteiger partial charge in [-0.1, -0.05) is 19.9 Å². The van der Waals surface area contributed by atoms with Crippen molar-refractivity contribution in [1.82, 2.24) is 0 Å². The number of nitrogen functional groups attached to an aromatic ring is 1. The molecule has 0 aliphatic heterocycles. The number of anilines is 2. The summed E-state index contributed by atoms with van der Waals surface area (Å²) in [6.07, 6.45) is 0. The first kappa shape index (κ1) is 13.8. The van der Waals surface area contributed by atoms with Crippen LogP contribution in [-0.4, -0.2) is 14.2 Å². The first-order valence-electron chi connectivity index (χ1n) is 5.59. The Morgan fingerprint density at radius 1 is 1.29 bits per heavy atom. The van der Waals surface area contributed by atoms with Crippen molar-refractivity contribution in [2.24, 2.45) is 5.92 Å². The summed E-state index contributed by atoms with van der Waals surface area (Å²) in [5, 5.41) is 0. The minimum Gasteiger partial charge on any atom is -0.398 e. The molecule has 1 rings (SSSR count). The van der Waals surface area contributed by atoms with E-state index in [9.17, 15) is 8.42 Å². The molecule has 0 spiro atoms. The van der Waals surface area contributed by atoms with Gasteiger partial charge in [0.05, 0.1) is 11.4 Å². The molecule has 0 aliphatic rings. The molecule has 0 unspecified atom stereocenters. The summed E-state index contributed by atoms with van der Waals surface area (Å²) in [6.45, 7) is 7.42. The third-order valence-electron chi connectivity index (χ3n) is 2.53. The van der Waals surface area contributed by atoms with E-state index >= 15 is 0 Å². The maximum absolute atomic E-state index is 11.9. The number of nitrogens with two attached hydrogens (primary N) is 1. The largest absolute Gasteiger partial charge is 0.398 e. The molecule has 5 heteroatoms. The second kappa shape index (κ2) is 4.96. The Balaban J connectivity index is 3.08.